The number of aryl methyl sites for hydroxylation is 1. The monoisotopic (exact) mass is 275 g/mol. The third-order valence-electron chi connectivity index (χ3n) is 4.09. The van der Waals surface area contributed by atoms with E-state index in [4.69, 9.17) is 0 Å². The van der Waals surface area contributed by atoms with Gasteiger partial charge in [-0.2, -0.15) is 5.26 Å². The van der Waals surface area contributed by atoms with Gasteiger partial charge in [0, 0.05) is 7.05 Å². The summed E-state index contributed by atoms with van der Waals surface area (Å²) in [6.07, 6.45) is 7.01. The van der Waals surface area contributed by atoms with Crippen LogP contribution in [0.25, 0.3) is 0 Å². The van der Waals surface area contributed by atoms with E-state index in [1.807, 2.05) is 14.0 Å². The van der Waals surface area contributed by atoms with Gasteiger partial charge in [-0.1, -0.05) is 25.7 Å². The fourth-order valence-corrected chi connectivity index (χ4v) is 2.81. The van der Waals surface area contributed by atoms with E-state index in [9.17, 15) is 10.1 Å². The molecule has 20 heavy (non-hydrogen) atoms. The highest BCUT2D eigenvalue weighted by Gasteiger charge is 2.39. The highest BCUT2D eigenvalue weighted by atomic mass is 16.2. The Kier molecular flexibility index (Phi) is 4.38. The van der Waals surface area contributed by atoms with Crippen LogP contribution in [0.3, 0.4) is 0 Å². The first-order chi connectivity index (χ1) is 9.59. The van der Waals surface area contributed by atoms with Crippen LogP contribution in [0.1, 0.15) is 57.3 Å². The van der Waals surface area contributed by atoms with E-state index >= 15 is 0 Å². The molecular weight excluding hydrogens is 254 g/mol. The van der Waals surface area contributed by atoms with Gasteiger partial charge in [0.1, 0.15) is 11.7 Å². The number of carbonyl (C=O) groups excluding carboxylic acids is 1. The number of aromatic nitrogens is 3. The van der Waals surface area contributed by atoms with E-state index in [1.165, 1.54) is 0 Å². The molecule has 0 saturated heterocycles. The van der Waals surface area contributed by atoms with Crippen LogP contribution in [0, 0.1) is 16.7 Å². The summed E-state index contributed by atoms with van der Waals surface area (Å²) >= 11 is 0. The van der Waals surface area contributed by atoms with Crippen molar-refractivity contribution in [1.29, 1.82) is 5.26 Å². The molecule has 0 radical (unpaired) electrons. The molecule has 1 aromatic rings. The molecule has 1 aromatic heterocycles. The number of carbonyl (C=O) groups is 1. The van der Waals surface area contributed by atoms with E-state index < -0.39 is 5.41 Å². The number of nitriles is 1. The van der Waals surface area contributed by atoms with E-state index in [1.54, 1.807) is 10.9 Å². The normalized spacial score (nSPS) is 19.6. The minimum atomic E-state index is -0.872. The summed E-state index contributed by atoms with van der Waals surface area (Å²) in [5, 5.41) is 20.2. The fraction of sp³-hybridized carbons (Fsp3) is 0.714. The molecule has 1 heterocycles. The largest absolute Gasteiger partial charge is 0.345 e. The maximum Gasteiger partial charge on any atom is 0.241 e. The molecule has 0 bridgehead atoms. The Morgan fingerprint density at radius 2 is 2.10 bits per heavy atom. The number of rotatable bonds is 3. The first-order valence-corrected chi connectivity index (χ1v) is 7.15. The van der Waals surface area contributed by atoms with Gasteiger partial charge in [-0.15, -0.1) is 10.2 Å². The number of hydrogen-bond donors (Lipinski definition) is 1. The minimum Gasteiger partial charge on any atom is -0.345 e. The third kappa shape index (κ3) is 2.82. The van der Waals surface area contributed by atoms with Crippen molar-refractivity contribution in [3.8, 4) is 6.07 Å². The van der Waals surface area contributed by atoms with Crippen molar-refractivity contribution < 1.29 is 4.79 Å². The second-order valence-corrected chi connectivity index (χ2v) is 5.60. The Bertz CT molecular complexity index is 508. The summed E-state index contributed by atoms with van der Waals surface area (Å²) in [6, 6.07) is 2.02. The summed E-state index contributed by atoms with van der Waals surface area (Å²) in [5.74, 6) is 0.525. The van der Waals surface area contributed by atoms with E-state index in [2.05, 4.69) is 21.6 Å². The van der Waals surface area contributed by atoms with Crippen molar-refractivity contribution in [2.24, 2.45) is 12.5 Å². The van der Waals surface area contributed by atoms with Gasteiger partial charge >= 0.3 is 0 Å². The predicted molar refractivity (Wildman–Crippen MR) is 73.3 cm³/mol. The molecule has 2 rings (SSSR count). The Morgan fingerprint density at radius 1 is 1.45 bits per heavy atom. The summed E-state index contributed by atoms with van der Waals surface area (Å²) in [5.41, 5.74) is -0.872. The van der Waals surface area contributed by atoms with E-state index in [-0.39, 0.29) is 11.9 Å². The maximum atomic E-state index is 12.5. The molecule has 0 spiro atoms. The maximum absolute atomic E-state index is 12.5. The topological polar surface area (TPSA) is 83.6 Å². The zero-order valence-electron chi connectivity index (χ0n) is 12.1. The zero-order valence-corrected chi connectivity index (χ0v) is 12.1. The highest BCUT2D eigenvalue weighted by Crippen LogP contribution is 2.35. The molecule has 6 heteroatoms. The molecule has 1 atom stereocenters. The molecule has 0 aromatic carbocycles. The third-order valence-corrected chi connectivity index (χ3v) is 4.09. The van der Waals surface area contributed by atoms with Crippen molar-refractivity contribution in [2.75, 3.05) is 0 Å². The molecule has 1 N–H and O–H groups in total. The molecule has 1 saturated carbocycles. The molecule has 0 aliphatic heterocycles. The first-order valence-electron chi connectivity index (χ1n) is 7.15. The molecule has 6 nitrogen and oxygen atoms in total. The smallest absolute Gasteiger partial charge is 0.241 e. The van der Waals surface area contributed by atoms with Gasteiger partial charge in [-0.3, -0.25) is 4.79 Å². The van der Waals surface area contributed by atoms with Gasteiger partial charge in [-0.05, 0) is 19.8 Å². The Labute approximate surface area is 119 Å². The standard InChI is InChI=1S/C14H21N5O/c1-11(12-18-16-10-19(12)2)17-13(20)14(9-15)7-5-3-4-6-8-14/h10-11H,3-8H2,1-2H3,(H,17,20). The van der Waals surface area contributed by atoms with Crippen molar-refractivity contribution in [1.82, 2.24) is 20.1 Å². The van der Waals surface area contributed by atoms with Gasteiger partial charge in [0.15, 0.2) is 5.82 Å². The number of nitrogens with one attached hydrogen (secondary N) is 1. The lowest BCUT2D eigenvalue weighted by molar-refractivity contribution is -0.129. The molecule has 1 aliphatic rings. The van der Waals surface area contributed by atoms with Crippen molar-refractivity contribution in [2.45, 2.75) is 51.5 Å². The summed E-state index contributed by atoms with van der Waals surface area (Å²) in [7, 11) is 1.84. The van der Waals surface area contributed by atoms with Crippen molar-refractivity contribution in [3.63, 3.8) is 0 Å². The predicted octanol–water partition coefficient (Wildman–Crippen LogP) is 1.86. The summed E-state index contributed by atoms with van der Waals surface area (Å²) in [6.45, 7) is 1.86. The molecule has 108 valence electrons. The lowest BCUT2D eigenvalue weighted by Crippen LogP contribution is -2.41. The average molecular weight is 275 g/mol. The van der Waals surface area contributed by atoms with Gasteiger partial charge in [-0.25, -0.2) is 0 Å². The number of amides is 1. The van der Waals surface area contributed by atoms with Crippen LogP contribution in [-0.2, 0) is 11.8 Å². The first kappa shape index (κ1) is 14.5. The minimum absolute atomic E-state index is 0.169. The molecule has 1 aliphatic carbocycles. The van der Waals surface area contributed by atoms with Crippen molar-refractivity contribution in [3.05, 3.63) is 12.2 Å². The summed E-state index contributed by atoms with van der Waals surface area (Å²) < 4.78 is 1.77. The second kappa shape index (κ2) is 6.04. The highest BCUT2D eigenvalue weighted by molar-refractivity contribution is 5.85. The Balaban J connectivity index is 2.10. The summed E-state index contributed by atoms with van der Waals surface area (Å²) in [4.78, 5) is 12.5. The van der Waals surface area contributed by atoms with Crippen LogP contribution in [-0.4, -0.2) is 20.7 Å². The SMILES string of the molecule is CC(NC(=O)C1(C#N)CCCCCC1)c1nncn1C. The number of hydrogen-bond acceptors (Lipinski definition) is 4. The fourth-order valence-electron chi connectivity index (χ4n) is 2.81. The van der Waals surface area contributed by atoms with E-state index in [0.29, 0.717) is 18.7 Å². The Morgan fingerprint density at radius 3 is 2.60 bits per heavy atom. The van der Waals surface area contributed by atoms with Crippen LogP contribution in [0.2, 0.25) is 0 Å². The molecular formula is C14H21N5O. The zero-order chi connectivity index (χ0) is 14.6. The molecule has 1 fully saturated rings. The van der Waals surface area contributed by atoms with E-state index in [0.717, 1.165) is 25.7 Å². The van der Waals surface area contributed by atoms with Gasteiger partial charge in [0.2, 0.25) is 5.91 Å². The quantitative estimate of drug-likeness (QED) is 0.853. The van der Waals surface area contributed by atoms with Crippen LogP contribution >= 0.6 is 0 Å². The van der Waals surface area contributed by atoms with Crippen molar-refractivity contribution >= 4 is 5.91 Å². The van der Waals surface area contributed by atoms with Crippen LogP contribution in [0.15, 0.2) is 6.33 Å². The lowest BCUT2D eigenvalue weighted by atomic mass is 9.81. The van der Waals surface area contributed by atoms with Crippen LogP contribution in [0.5, 0.6) is 0 Å². The lowest BCUT2D eigenvalue weighted by Gasteiger charge is -2.25. The second-order valence-electron chi connectivity index (χ2n) is 5.60. The average Bonchev–Trinajstić information content (AvgIpc) is 2.73. The molecule has 1 amide bonds. The van der Waals surface area contributed by atoms with Crippen LogP contribution < -0.4 is 5.32 Å². The van der Waals surface area contributed by atoms with Gasteiger partial charge < -0.3 is 9.88 Å². The van der Waals surface area contributed by atoms with Gasteiger partial charge in [0.05, 0.1) is 12.1 Å². The van der Waals surface area contributed by atoms with Gasteiger partial charge in [0.25, 0.3) is 0 Å². The number of nitrogens with zero attached hydrogens (tertiary/aromatic N) is 4. The molecule has 1 unspecified atom stereocenters. The van der Waals surface area contributed by atoms with Crippen LogP contribution in [0.4, 0.5) is 0 Å². The Hall–Kier alpha value is -1.90.